The number of nitrogens with zero attached hydrogens (tertiary/aromatic N) is 4. The summed E-state index contributed by atoms with van der Waals surface area (Å²) in [5.74, 6) is 0.158. The SMILES string of the molecule is N#Cc1ccc2c(c1)CN(C(=O)c1ccco1)[C@H](Cc1ccccc1)CN2Cc1cnc[nH]1. The molecule has 33 heavy (non-hydrogen) atoms. The van der Waals surface area contributed by atoms with Crippen LogP contribution in [0.4, 0.5) is 5.69 Å². The number of hydrogen-bond acceptors (Lipinski definition) is 5. The van der Waals surface area contributed by atoms with E-state index in [1.807, 2.05) is 47.5 Å². The van der Waals surface area contributed by atoms with E-state index in [-0.39, 0.29) is 11.9 Å². The number of carbonyl (C=O) groups is 1. The second-order valence-corrected chi connectivity index (χ2v) is 8.17. The maximum atomic E-state index is 13.5. The first kappa shape index (κ1) is 20.6. The Hall–Kier alpha value is -4.31. The number of rotatable bonds is 5. The predicted octanol–water partition coefficient (Wildman–Crippen LogP) is 4.15. The minimum absolute atomic E-state index is 0.106. The highest BCUT2D eigenvalue weighted by molar-refractivity contribution is 5.92. The van der Waals surface area contributed by atoms with E-state index in [4.69, 9.17) is 4.42 Å². The Morgan fingerprint density at radius 3 is 2.79 bits per heavy atom. The Morgan fingerprint density at radius 1 is 1.18 bits per heavy atom. The molecular weight excluding hydrogens is 414 g/mol. The first-order chi connectivity index (χ1) is 16.2. The van der Waals surface area contributed by atoms with Gasteiger partial charge in [0.05, 0.1) is 42.5 Å². The highest BCUT2D eigenvalue weighted by atomic mass is 16.3. The quantitative estimate of drug-likeness (QED) is 0.507. The molecule has 4 aromatic rings. The molecular formula is C26H23N5O2. The lowest BCUT2D eigenvalue weighted by molar-refractivity contribution is 0.0638. The molecule has 0 spiro atoms. The van der Waals surface area contributed by atoms with E-state index in [2.05, 4.69) is 33.1 Å². The lowest BCUT2D eigenvalue weighted by Crippen LogP contribution is -2.45. The molecule has 0 saturated carbocycles. The van der Waals surface area contributed by atoms with Crippen molar-refractivity contribution in [3.63, 3.8) is 0 Å². The third-order valence-corrected chi connectivity index (χ3v) is 5.98. The Kier molecular flexibility index (Phi) is 5.64. The number of hydrogen-bond donors (Lipinski definition) is 1. The van der Waals surface area contributed by atoms with Crippen LogP contribution in [0.5, 0.6) is 0 Å². The summed E-state index contributed by atoms with van der Waals surface area (Å²) in [6, 6.07) is 21.4. The second kappa shape index (κ2) is 9.05. The van der Waals surface area contributed by atoms with Crippen LogP contribution in [0.3, 0.4) is 0 Å². The largest absolute Gasteiger partial charge is 0.459 e. The maximum Gasteiger partial charge on any atom is 0.290 e. The Bertz CT molecular complexity index is 1260. The van der Waals surface area contributed by atoms with Crippen molar-refractivity contribution >= 4 is 11.6 Å². The molecule has 7 heteroatoms. The average molecular weight is 438 g/mol. The molecule has 0 aliphatic carbocycles. The summed E-state index contributed by atoms with van der Waals surface area (Å²) in [6.07, 6.45) is 5.70. The molecule has 2 aromatic carbocycles. The molecule has 0 unspecified atom stereocenters. The summed E-state index contributed by atoms with van der Waals surface area (Å²) in [6.45, 7) is 1.63. The van der Waals surface area contributed by atoms with E-state index in [9.17, 15) is 10.1 Å². The van der Waals surface area contributed by atoms with Crippen molar-refractivity contribution in [1.29, 1.82) is 5.26 Å². The minimum atomic E-state index is -0.155. The first-order valence-corrected chi connectivity index (χ1v) is 10.8. The molecule has 0 fully saturated rings. The first-order valence-electron chi connectivity index (χ1n) is 10.8. The van der Waals surface area contributed by atoms with E-state index < -0.39 is 0 Å². The van der Waals surface area contributed by atoms with Crippen molar-refractivity contribution in [2.24, 2.45) is 0 Å². The van der Waals surface area contributed by atoms with Gasteiger partial charge in [-0.05, 0) is 47.9 Å². The molecule has 164 valence electrons. The fraction of sp³-hybridized carbons (Fsp3) is 0.192. The molecule has 0 radical (unpaired) electrons. The molecule has 0 saturated heterocycles. The molecule has 7 nitrogen and oxygen atoms in total. The van der Waals surface area contributed by atoms with Crippen LogP contribution in [0.15, 0.2) is 83.9 Å². The molecule has 1 aliphatic heterocycles. The van der Waals surface area contributed by atoms with Gasteiger partial charge in [0.1, 0.15) is 0 Å². The number of aromatic nitrogens is 2. The monoisotopic (exact) mass is 437 g/mol. The van der Waals surface area contributed by atoms with Crippen LogP contribution in [0.1, 0.15) is 32.9 Å². The summed E-state index contributed by atoms with van der Waals surface area (Å²) in [5, 5.41) is 9.48. The Morgan fingerprint density at radius 2 is 2.06 bits per heavy atom. The number of H-pyrrole nitrogens is 1. The number of benzene rings is 2. The van der Waals surface area contributed by atoms with Crippen LogP contribution < -0.4 is 4.90 Å². The number of amides is 1. The van der Waals surface area contributed by atoms with E-state index >= 15 is 0 Å². The molecule has 5 rings (SSSR count). The van der Waals surface area contributed by atoms with Gasteiger partial charge in [-0.2, -0.15) is 5.26 Å². The van der Waals surface area contributed by atoms with Crippen molar-refractivity contribution in [2.45, 2.75) is 25.6 Å². The van der Waals surface area contributed by atoms with Gasteiger partial charge in [-0.3, -0.25) is 4.79 Å². The number of furan rings is 1. The summed E-state index contributed by atoms with van der Waals surface area (Å²) in [7, 11) is 0. The summed E-state index contributed by atoms with van der Waals surface area (Å²) in [5.41, 5.74) is 4.65. The molecule has 1 N–H and O–H groups in total. The van der Waals surface area contributed by atoms with E-state index in [0.717, 1.165) is 22.5 Å². The number of imidazole rings is 1. The molecule has 2 aromatic heterocycles. The fourth-order valence-electron chi connectivity index (χ4n) is 4.42. The number of aromatic amines is 1. The van der Waals surface area contributed by atoms with E-state index in [1.165, 1.54) is 6.26 Å². The van der Waals surface area contributed by atoms with Crippen molar-refractivity contribution < 1.29 is 9.21 Å². The van der Waals surface area contributed by atoms with Gasteiger partial charge in [0, 0.05) is 25.0 Å². The summed E-state index contributed by atoms with van der Waals surface area (Å²) >= 11 is 0. The van der Waals surface area contributed by atoms with Crippen LogP contribution >= 0.6 is 0 Å². The van der Waals surface area contributed by atoms with Crippen LogP contribution in [-0.4, -0.2) is 33.4 Å². The van der Waals surface area contributed by atoms with Crippen LogP contribution in [-0.2, 0) is 19.5 Å². The molecule has 1 amide bonds. The predicted molar refractivity (Wildman–Crippen MR) is 123 cm³/mol. The van der Waals surface area contributed by atoms with Gasteiger partial charge in [-0.1, -0.05) is 30.3 Å². The van der Waals surface area contributed by atoms with E-state index in [0.29, 0.717) is 37.4 Å². The summed E-state index contributed by atoms with van der Waals surface area (Å²) in [4.78, 5) is 25.0. The minimum Gasteiger partial charge on any atom is -0.459 e. The molecule has 3 heterocycles. The van der Waals surface area contributed by atoms with Crippen LogP contribution in [0, 0.1) is 11.3 Å². The fourth-order valence-corrected chi connectivity index (χ4v) is 4.42. The number of nitriles is 1. The van der Waals surface area contributed by atoms with Gasteiger partial charge in [-0.25, -0.2) is 4.98 Å². The van der Waals surface area contributed by atoms with Gasteiger partial charge in [0.2, 0.25) is 0 Å². The standard InChI is InChI=1S/C26H23N5O2/c27-13-20-8-9-24-21(11-20)15-31(26(32)25-7-4-10-33-25)23(12-19-5-2-1-3-6-19)17-30(24)16-22-14-28-18-29-22/h1-11,14,18,23H,12,15-17H2,(H,28,29)/t23-/m1/s1. The van der Waals surface area contributed by atoms with Gasteiger partial charge in [0.15, 0.2) is 5.76 Å². The van der Waals surface area contributed by atoms with Crippen molar-refractivity contribution in [2.75, 3.05) is 11.4 Å². The van der Waals surface area contributed by atoms with Gasteiger partial charge >= 0.3 is 0 Å². The van der Waals surface area contributed by atoms with Crippen molar-refractivity contribution in [3.8, 4) is 6.07 Å². The highest BCUT2D eigenvalue weighted by Gasteiger charge is 2.33. The maximum absolute atomic E-state index is 13.5. The topological polar surface area (TPSA) is 89.2 Å². The average Bonchev–Trinajstić information content (AvgIpc) is 3.54. The number of fused-ring (bicyclic) bond motifs is 1. The zero-order chi connectivity index (χ0) is 22.6. The second-order valence-electron chi connectivity index (χ2n) is 8.17. The molecule has 1 atom stereocenters. The third-order valence-electron chi connectivity index (χ3n) is 5.98. The lowest BCUT2D eigenvalue weighted by Gasteiger charge is -2.32. The Balaban J connectivity index is 1.57. The highest BCUT2D eigenvalue weighted by Crippen LogP contribution is 2.31. The normalized spacial score (nSPS) is 15.5. The van der Waals surface area contributed by atoms with E-state index in [1.54, 1.807) is 18.5 Å². The molecule has 1 aliphatic rings. The third kappa shape index (κ3) is 4.37. The Labute approximate surface area is 191 Å². The smallest absolute Gasteiger partial charge is 0.290 e. The summed E-state index contributed by atoms with van der Waals surface area (Å²) < 4.78 is 5.46. The number of nitrogens with one attached hydrogen (secondary N) is 1. The lowest BCUT2D eigenvalue weighted by atomic mass is 10.0. The van der Waals surface area contributed by atoms with Crippen LogP contribution in [0.25, 0.3) is 0 Å². The zero-order valence-corrected chi connectivity index (χ0v) is 18.0. The zero-order valence-electron chi connectivity index (χ0n) is 18.0. The molecule has 0 bridgehead atoms. The number of anilines is 1. The van der Waals surface area contributed by atoms with Crippen LogP contribution in [0.2, 0.25) is 0 Å². The van der Waals surface area contributed by atoms with Crippen molar-refractivity contribution in [3.05, 3.63) is 108 Å². The van der Waals surface area contributed by atoms with Gasteiger partial charge in [0.25, 0.3) is 5.91 Å². The number of carbonyl (C=O) groups excluding carboxylic acids is 1. The van der Waals surface area contributed by atoms with Gasteiger partial charge in [-0.15, -0.1) is 0 Å². The van der Waals surface area contributed by atoms with Crippen molar-refractivity contribution in [1.82, 2.24) is 14.9 Å². The van der Waals surface area contributed by atoms with Gasteiger partial charge < -0.3 is 19.2 Å².